The van der Waals surface area contributed by atoms with Crippen molar-refractivity contribution in [2.75, 3.05) is 0 Å². The molecule has 1 aliphatic carbocycles. The first-order valence-corrected chi connectivity index (χ1v) is 20.4. The number of rotatable bonds is 3. The van der Waals surface area contributed by atoms with Gasteiger partial charge in [-0.05, 0) is 129 Å². The lowest BCUT2D eigenvalue weighted by Crippen LogP contribution is -2.15. The highest BCUT2D eigenvalue weighted by molar-refractivity contribution is 7.25. The van der Waals surface area contributed by atoms with E-state index < -0.39 is 0 Å². The summed E-state index contributed by atoms with van der Waals surface area (Å²) in [6.07, 6.45) is 0. The highest BCUT2D eigenvalue weighted by Crippen LogP contribution is 2.52. The molecule has 11 aromatic rings. The summed E-state index contributed by atoms with van der Waals surface area (Å²) in [5.41, 5.74) is 13.0. The van der Waals surface area contributed by atoms with Gasteiger partial charge in [-0.25, -0.2) is 0 Å². The minimum atomic E-state index is -0.160. The van der Waals surface area contributed by atoms with E-state index >= 15 is 0 Å². The van der Waals surface area contributed by atoms with Crippen LogP contribution in [0.4, 0.5) is 0 Å². The van der Waals surface area contributed by atoms with Crippen LogP contribution in [0.3, 0.4) is 0 Å². The van der Waals surface area contributed by atoms with Crippen molar-refractivity contribution >= 4 is 74.6 Å². The van der Waals surface area contributed by atoms with Crippen LogP contribution in [-0.2, 0) is 5.41 Å². The first-order chi connectivity index (χ1) is 27.5. The molecule has 10 aromatic carbocycles. The summed E-state index contributed by atoms with van der Waals surface area (Å²) in [7, 11) is 0. The maximum atomic E-state index is 2.49. The van der Waals surface area contributed by atoms with E-state index in [2.05, 4.69) is 196 Å². The van der Waals surface area contributed by atoms with Crippen LogP contribution in [0.25, 0.3) is 108 Å². The van der Waals surface area contributed by atoms with E-state index in [1.54, 1.807) is 0 Å². The summed E-state index contributed by atoms with van der Waals surface area (Å²) in [4.78, 5) is 0. The fourth-order valence-electron chi connectivity index (χ4n) is 9.89. The zero-order valence-electron chi connectivity index (χ0n) is 31.2. The van der Waals surface area contributed by atoms with Crippen LogP contribution in [0.15, 0.2) is 182 Å². The zero-order chi connectivity index (χ0) is 37.1. The summed E-state index contributed by atoms with van der Waals surface area (Å²) >= 11 is 1.90. The third-order valence-corrected chi connectivity index (χ3v) is 13.7. The standard InChI is InChI=1S/C55H36S/c1-55(2)49-29-36(37-23-27-42-48-28-34-13-3-4-14-35(34)31-52(48)56-51(42)32-37)22-25-40(49)41-26-24-38(30-50(41)55)53-44-17-7-9-19-46(44)54(47-20-10-8-18-45(47)53)43-21-11-15-33-12-5-6-16-39(33)43/h3-32H,1-2H3. The Balaban J connectivity index is 0.993. The van der Waals surface area contributed by atoms with Crippen molar-refractivity contribution in [1.29, 1.82) is 0 Å². The van der Waals surface area contributed by atoms with Crippen LogP contribution in [-0.4, -0.2) is 0 Å². The van der Waals surface area contributed by atoms with Gasteiger partial charge < -0.3 is 0 Å². The monoisotopic (exact) mass is 728 g/mol. The topological polar surface area (TPSA) is 0 Å². The van der Waals surface area contributed by atoms with Crippen LogP contribution in [0, 0.1) is 0 Å². The molecule has 0 unspecified atom stereocenters. The van der Waals surface area contributed by atoms with E-state index in [9.17, 15) is 0 Å². The summed E-state index contributed by atoms with van der Waals surface area (Å²) < 4.78 is 2.69. The second kappa shape index (κ2) is 11.7. The zero-order valence-corrected chi connectivity index (χ0v) is 32.0. The molecule has 0 nitrogen and oxygen atoms in total. The average molecular weight is 729 g/mol. The number of hydrogen-bond acceptors (Lipinski definition) is 1. The summed E-state index contributed by atoms with van der Waals surface area (Å²) in [5.74, 6) is 0. The molecule has 56 heavy (non-hydrogen) atoms. The van der Waals surface area contributed by atoms with Gasteiger partial charge in [0.2, 0.25) is 0 Å². The minimum absolute atomic E-state index is 0.160. The maximum absolute atomic E-state index is 2.49. The Bertz CT molecular complexity index is 3390. The Morgan fingerprint density at radius 1 is 0.321 bits per heavy atom. The summed E-state index contributed by atoms with van der Waals surface area (Å²) in [6, 6.07) is 68.4. The average Bonchev–Trinajstić information content (AvgIpc) is 3.71. The van der Waals surface area contributed by atoms with Crippen LogP contribution in [0.1, 0.15) is 25.0 Å². The Labute approximate surface area is 329 Å². The second-order valence-electron chi connectivity index (χ2n) is 16.0. The van der Waals surface area contributed by atoms with Crippen molar-refractivity contribution in [2.45, 2.75) is 19.3 Å². The Kier molecular flexibility index (Phi) is 6.66. The fraction of sp³-hybridized carbons (Fsp3) is 0.0545. The number of thiophene rings is 1. The lowest BCUT2D eigenvalue weighted by Gasteiger charge is -2.23. The molecule has 0 N–H and O–H groups in total. The molecular formula is C55H36S. The first-order valence-electron chi connectivity index (χ1n) is 19.6. The Morgan fingerprint density at radius 2 is 0.821 bits per heavy atom. The molecule has 0 spiro atoms. The third kappa shape index (κ3) is 4.53. The lowest BCUT2D eigenvalue weighted by atomic mass is 9.80. The molecular weight excluding hydrogens is 693 g/mol. The van der Waals surface area contributed by atoms with Crippen LogP contribution >= 0.6 is 11.3 Å². The first kappa shape index (κ1) is 31.8. The van der Waals surface area contributed by atoms with E-state index in [0.29, 0.717) is 0 Å². The second-order valence-corrected chi connectivity index (χ2v) is 17.1. The molecule has 0 bridgehead atoms. The molecule has 0 saturated heterocycles. The molecule has 262 valence electrons. The van der Waals surface area contributed by atoms with Gasteiger partial charge in [0.05, 0.1) is 0 Å². The van der Waals surface area contributed by atoms with E-state index in [-0.39, 0.29) is 5.41 Å². The fourth-order valence-corrected chi connectivity index (χ4v) is 11.1. The summed E-state index contributed by atoms with van der Waals surface area (Å²) in [5, 5.41) is 13.0. The molecule has 0 fully saturated rings. The van der Waals surface area contributed by atoms with Crippen molar-refractivity contribution in [3.8, 4) is 44.5 Å². The molecule has 0 atom stereocenters. The number of hydrogen-bond donors (Lipinski definition) is 0. The van der Waals surface area contributed by atoms with E-state index in [4.69, 9.17) is 0 Å². The quantitative estimate of drug-likeness (QED) is 0.159. The normalized spacial score (nSPS) is 13.3. The molecule has 1 heteroatoms. The van der Waals surface area contributed by atoms with Gasteiger partial charge in [-0.15, -0.1) is 11.3 Å². The van der Waals surface area contributed by atoms with Gasteiger partial charge >= 0.3 is 0 Å². The molecule has 1 heterocycles. The molecule has 1 aromatic heterocycles. The van der Waals surface area contributed by atoms with Gasteiger partial charge in [-0.3, -0.25) is 0 Å². The van der Waals surface area contributed by atoms with Gasteiger partial charge in [0.15, 0.2) is 0 Å². The lowest BCUT2D eigenvalue weighted by molar-refractivity contribution is 0.661. The van der Waals surface area contributed by atoms with Crippen molar-refractivity contribution in [2.24, 2.45) is 0 Å². The van der Waals surface area contributed by atoms with Crippen molar-refractivity contribution < 1.29 is 0 Å². The van der Waals surface area contributed by atoms with Gasteiger partial charge in [0.1, 0.15) is 0 Å². The van der Waals surface area contributed by atoms with Crippen LogP contribution in [0.2, 0.25) is 0 Å². The highest BCUT2D eigenvalue weighted by atomic mass is 32.1. The smallest absolute Gasteiger partial charge is 0.0361 e. The molecule has 0 aliphatic heterocycles. The largest absolute Gasteiger partial charge is 0.135 e. The molecule has 12 rings (SSSR count). The summed E-state index contributed by atoms with van der Waals surface area (Å²) in [6.45, 7) is 4.82. The van der Waals surface area contributed by atoms with Gasteiger partial charge in [0, 0.05) is 25.6 Å². The van der Waals surface area contributed by atoms with Crippen molar-refractivity contribution in [3.05, 3.63) is 193 Å². The van der Waals surface area contributed by atoms with Crippen molar-refractivity contribution in [3.63, 3.8) is 0 Å². The predicted octanol–water partition coefficient (Wildman–Crippen LogP) is 16.0. The van der Waals surface area contributed by atoms with Gasteiger partial charge in [0.25, 0.3) is 0 Å². The Morgan fingerprint density at radius 3 is 1.52 bits per heavy atom. The minimum Gasteiger partial charge on any atom is -0.135 e. The predicted molar refractivity (Wildman–Crippen MR) is 243 cm³/mol. The van der Waals surface area contributed by atoms with Crippen molar-refractivity contribution in [1.82, 2.24) is 0 Å². The molecule has 0 radical (unpaired) electrons. The molecule has 0 saturated carbocycles. The maximum Gasteiger partial charge on any atom is 0.0361 e. The molecule has 0 amide bonds. The van der Waals surface area contributed by atoms with E-state index in [1.165, 1.54) is 119 Å². The van der Waals surface area contributed by atoms with E-state index in [1.807, 2.05) is 11.3 Å². The number of benzene rings is 10. The van der Waals surface area contributed by atoms with Crippen LogP contribution in [0.5, 0.6) is 0 Å². The number of fused-ring (bicyclic) bond motifs is 10. The SMILES string of the molecule is CC1(C)c2cc(-c3ccc4c(c3)sc3cc5ccccc5cc34)ccc2-c2ccc(-c3c4ccccc4c(-c4cccc5ccccc45)c4ccccc34)cc21. The third-order valence-electron chi connectivity index (χ3n) is 12.6. The van der Waals surface area contributed by atoms with Crippen LogP contribution < -0.4 is 0 Å². The van der Waals surface area contributed by atoms with Gasteiger partial charge in [-0.1, -0.05) is 166 Å². The van der Waals surface area contributed by atoms with E-state index in [0.717, 1.165) is 0 Å². The molecule has 1 aliphatic rings. The highest BCUT2D eigenvalue weighted by Gasteiger charge is 2.36. The Hall–Kier alpha value is -6.54. The van der Waals surface area contributed by atoms with Gasteiger partial charge in [-0.2, -0.15) is 0 Å².